The van der Waals surface area contributed by atoms with E-state index in [2.05, 4.69) is 16.6 Å². The average Bonchev–Trinajstić information content (AvgIpc) is 3.53. The minimum absolute atomic E-state index is 0.0518. The molecule has 1 atom stereocenters. The van der Waals surface area contributed by atoms with Crippen LogP contribution in [0, 0.1) is 11.6 Å². The van der Waals surface area contributed by atoms with Gasteiger partial charge in [0, 0.05) is 88.3 Å². The molecular weight excluding hydrogens is 568 g/mol. The van der Waals surface area contributed by atoms with Gasteiger partial charge in [-0.15, -0.1) is 0 Å². The molecule has 1 aromatic carbocycles. The van der Waals surface area contributed by atoms with Gasteiger partial charge < -0.3 is 24.0 Å². The molecule has 0 N–H and O–H groups in total. The summed E-state index contributed by atoms with van der Waals surface area (Å²) < 4.78 is 46.7. The second-order valence-corrected chi connectivity index (χ2v) is 12.2. The molecule has 3 aliphatic heterocycles. The maximum atomic E-state index is 14.2. The van der Waals surface area contributed by atoms with Crippen LogP contribution in [-0.2, 0) is 14.3 Å². The minimum Gasteiger partial charge on any atom is -0.487 e. The highest BCUT2D eigenvalue weighted by atomic mass is 19.1. The van der Waals surface area contributed by atoms with E-state index in [0.717, 1.165) is 60.2 Å². The van der Waals surface area contributed by atoms with E-state index >= 15 is 0 Å². The van der Waals surface area contributed by atoms with E-state index < -0.39 is 17.2 Å². The molecule has 0 aliphatic carbocycles. The maximum absolute atomic E-state index is 14.2. The summed E-state index contributed by atoms with van der Waals surface area (Å²) in [6, 6.07) is 3.37. The smallest absolute Gasteiger partial charge is 0.254 e. The number of aromatic nitrogens is 2. The molecule has 44 heavy (non-hydrogen) atoms. The Hall–Kier alpha value is -3.57. The highest BCUT2D eigenvalue weighted by Crippen LogP contribution is 2.29. The number of amides is 1. The van der Waals surface area contributed by atoms with Crippen LogP contribution in [0.2, 0.25) is 0 Å². The number of benzene rings is 1. The van der Waals surface area contributed by atoms with Gasteiger partial charge in [0.25, 0.3) is 5.91 Å². The summed E-state index contributed by atoms with van der Waals surface area (Å²) in [6.07, 6.45) is 8.40. The van der Waals surface area contributed by atoms with Gasteiger partial charge in [0.1, 0.15) is 29.6 Å². The third kappa shape index (κ3) is 7.21. The molecule has 1 amide bonds. The van der Waals surface area contributed by atoms with Crippen molar-refractivity contribution in [3.63, 3.8) is 0 Å². The molecule has 4 heterocycles. The Bertz CT molecular complexity index is 1420. The van der Waals surface area contributed by atoms with E-state index in [-0.39, 0.29) is 24.0 Å². The molecule has 0 spiro atoms. The molecule has 5 rings (SSSR count). The SMILES string of the molecule is C=C(C(=NC1=C(C)CN(C(=O)C(C)(C)OC)CC1)N1CCC(Oc2ccc(F)cc2F)CC1)c1cnn(C2CCCCO2)c1. The zero-order chi connectivity index (χ0) is 31.4. The fourth-order valence-corrected chi connectivity index (χ4v) is 5.81. The summed E-state index contributed by atoms with van der Waals surface area (Å²) in [5.74, 6) is -0.595. The first-order valence-corrected chi connectivity index (χ1v) is 15.4. The molecule has 1 unspecified atom stereocenters. The second kappa shape index (κ2) is 13.6. The number of ether oxygens (including phenoxy) is 3. The van der Waals surface area contributed by atoms with E-state index in [9.17, 15) is 13.6 Å². The van der Waals surface area contributed by atoms with Crippen molar-refractivity contribution < 1.29 is 27.8 Å². The number of aliphatic imine (C=N–C) groups is 1. The van der Waals surface area contributed by atoms with E-state index in [1.165, 1.54) is 12.1 Å². The second-order valence-electron chi connectivity index (χ2n) is 12.2. The normalized spacial score (nSPS) is 20.7. The molecule has 2 saturated heterocycles. The fourth-order valence-electron chi connectivity index (χ4n) is 5.81. The monoisotopic (exact) mass is 611 g/mol. The van der Waals surface area contributed by atoms with Crippen molar-refractivity contribution in [2.24, 2.45) is 4.99 Å². The zero-order valence-corrected chi connectivity index (χ0v) is 26.2. The number of carbonyl (C=O) groups excluding carboxylic acids is 1. The van der Waals surface area contributed by atoms with Gasteiger partial charge in [-0.25, -0.2) is 18.5 Å². The lowest BCUT2D eigenvalue weighted by molar-refractivity contribution is -0.150. The van der Waals surface area contributed by atoms with Crippen molar-refractivity contribution in [2.75, 3.05) is 39.9 Å². The van der Waals surface area contributed by atoms with Gasteiger partial charge in [-0.1, -0.05) is 6.58 Å². The summed E-state index contributed by atoms with van der Waals surface area (Å²) in [5.41, 5.74) is 2.65. The molecule has 238 valence electrons. The van der Waals surface area contributed by atoms with Crippen LogP contribution >= 0.6 is 0 Å². The standard InChI is InChI=1S/C33H43F2N5O4/c1-22-20-39(32(41)33(3,4)42-5)16-13-28(22)37-31(23(2)24-19-36-40(21-24)30-8-6-7-17-43-30)38-14-11-26(12-15-38)44-29-10-9-25(34)18-27(29)35/h9-10,18-19,21,26,30H,2,6-8,11-17,20H2,1,3-5H3. The highest BCUT2D eigenvalue weighted by molar-refractivity contribution is 6.22. The molecule has 2 aromatic rings. The molecule has 11 heteroatoms. The number of carbonyl (C=O) groups is 1. The van der Waals surface area contributed by atoms with Crippen molar-refractivity contribution in [2.45, 2.75) is 77.2 Å². The van der Waals surface area contributed by atoms with Crippen LogP contribution in [0.4, 0.5) is 8.78 Å². The van der Waals surface area contributed by atoms with E-state index in [1.807, 2.05) is 22.7 Å². The summed E-state index contributed by atoms with van der Waals surface area (Å²) >= 11 is 0. The first-order valence-electron chi connectivity index (χ1n) is 15.4. The Morgan fingerprint density at radius 2 is 1.91 bits per heavy atom. The van der Waals surface area contributed by atoms with Crippen LogP contribution in [-0.4, -0.2) is 82.9 Å². The third-order valence-electron chi connectivity index (χ3n) is 8.69. The number of methoxy groups -OCH3 is 1. The molecular formula is C33H43F2N5O4. The Morgan fingerprint density at radius 1 is 1.14 bits per heavy atom. The van der Waals surface area contributed by atoms with Gasteiger partial charge in [0.2, 0.25) is 0 Å². The number of hydrogen-bond donors (Lipinski definition) is 0. The number of nitrogens with zero attached hydrogens (tertiary/aromatic N) is 5. The van der Waals surface area contributed by atoms with E-state index in [0.29, 0.717) is 45.4 Å². The number of halogens is 2. The summed E-state index contributed by atoms with van der Waals surface area (Å²) in [5, 5.41) is 4.59. The van der Waals surface area contributed by atoms with Crippen LogP contribution in [0.25, 0.3) is 5.57 Å². The highest BCUT2D eigenvalue weighted by Gasteiger charge is 2.34. The van der Waals surface area contributed by atoms with Crippen LogP contribution in [0.3, 0.4) is 0 Å². The minimum atomic E-state index is -0.897. The topological polar surface area (TPSA) is 81.4 Å². The molecule has 0 saturated carbocycles. The van der Waals surface area contributed by atoms with Crippen molar-refractivity contribution in [1.29, 1.82) is 0 Å². The average molecular weight is 612 g/mol. The van der Waals surface area contributed by atoms with Gasteiger partial charge in [0.05, 0.1) is 6.20 Å². The van der Waals surface area contributed by atoms with Crippen LogP contribution < -0.4 is 4.74 Å². The molecule has 0 bridgehead atoms. The molecule has 1 aromatic heterocycles. The van der Waals surface area contributed by atoms with Crippen LogP contribution in [0.1, 0.15) is 71.1 Å². The summed E-state index contributed by atoms with van der Waals surface area (Å²) in [6.45, 7) is 13.0. The first-order chi connectivity index (χ1) is 21.1. The van der Waals surface area contributed by atoms with Gasteiger partial charge in [0.15, 0.2) is 11.6 Å². The molecule has 0 radical (unpaired) electrons. The van der Waals surface area contributed by atoms with Crippen molar-refractivity contribution in [3.05, 3.63) is 65.6 Å². The zero-order valence-electron chi connectivity index (χ0n) is 26.2. The molecule has 9 nitrogen and oxygen atoms in total. The molecule has 2 fully saturated rings. The first kappa shape index (κ1) is 31.8. The number of rotatable bonds is 8. The van der Waals surface area contributed by atoms with Crippen molar-refractivity contribution in [3.8, 4) is 5.75 Å². The van der Waals surface area contributed by atoms with Gasteiger partial charge >= 0.3 is 0 Å². The molecule has 3 aliphatic rings. The van der Waals surface area contributed by atoms with E-state index in [4.69, 9.17) is 19.2 Å². The maximum Gasteiger partial charge on any atom is 0.254 e. The Balaban J connectivity index is 1.36. The van der Waals surface area contributed by atoms with Gasteiger partial charge in [-0.05, 0) is 57.7 Å². The lowest BCUT2D eigenvalue weighted by Crippen LogP contribution is -2.48. The predicted molar refractivity (Wildman–Crippen MR) is 164 cm³/mol. The number of amidine groups is 1. The Morgan fingerprint density at radius 3 is 2.57 bits per heavy atom. The number of likely N-dealkylation sites (tertiary alicyclic amines) is 1. The lowest BCUT2D eigenvalue weighted by atomic mass is 10.0. The van der Waals surface area contributed by atoms with Crippen LogP contribution in [0.15, 0.2) is 53.4 Å². The van der Waals surface area contributed by atoms with Gasteiger partial charge in [-0.3, -0.25) is 4.79 Å². The summed E-state index contributed by atoms with van der Waals surface area (Å²) in [7, 11) is 1.55. The quantitative estimate of drug-likeness (QED) is 0.280. The fraction of sp³-hybridized carbons (Fsp3) is 0.545. The van der Waals surface area contributed by atoms with Crippen molar-refractivity contribution in [1.82, 2.24) is 19.6 Å². The van der Waals surface area contributed by atoms with Crippen LogP contribution in [0.5, 0.6) is 5.75 Å². The number of hydrogen-bond acceptors (Lipinski definition) is 6. The third-order valence-corrected chi connectivity index (χ3v) is 8.69. The van der Waals surface area contributed by atoms with Crippen molar-refractivity contribution >= 4 is 17.3 Å². The van der Waals surface area contributed by atoms with Gasteiger partial charge in [-0.2, -0.15) is 5.10 Å². The number of piperidine rings is 1. The largest absolute Gasteiger partial charge is 0.487 e. The predicted octanol–water partition coefficient (Wildman–Crippen LogP) is 5.75. The Labute approximate surface area is 258 Å². The summed E-state index contributed by atoms with van der Waals surface area (Å²) in [4.78, 5) is 22.2. The lowest BCUT2D eigenvalue weighted by Gasteiger charge is -2.36. The Kier molecular flexibility index (Phi) is 9.84. The van der Waals surface area contributed by atoms with E-state index in [1.54, 1.807) is 27.2 Å².